The van der Waals surface area contributed by atoms with Gasteiger partial charge in [0.2, 0.25) is 0 Å². The molecule has 209 valence electrons. The van der Waals surface area contributed by atoms with Crippen LogP contribution in [-0.2, 0) is 14.2 Å². The van der Waals surface area contributed by atoms with Crippen LogP contribution >= 0.6 is 0 Å². The first-order chi connectivity index (χ1) is 16.7. The van der Waals surface area contributed by atoms with E-state index in [0.717, 1.165) is 25.7 Å². The summed E-state index contributed by atoms with van der Waals surface area (Å²) < 4.78 is 16.3. The van der Waals surface area contributed by atoms with Gasteiger partial charge < -0.3 is 55.1 Å². The molecule has 2 aliphatic heterocycles. The van der Waals surface area contributed by atoms with Crippen LogP contribution in [0.3, 0.4) is 0 Å². The standard InChI is InChI=1S/C24H46O11.Na/c1-2-3-4-5-6-7-8-9-10-11-12-24(32)22(31)20(30)21(16(14-26)35-24)34-23-19(29)18(28)17(27)15(13-25)33-23;/h15-23,25-32H,2-14H2,1H3;/t15-,16-,17+,18+,19-,20+,21-,22-,23+,24?;/m1./s1. The van der Waals surface area contributed by atoms with Crippen LogP contribution in [0.5, 0.6) is 0 Å². The van der Waals surface area contributed by atoms with Crippen LogP contribution in [0.2, 0.25) is 0 Å². The Balaban J connectivity index is 0.00000648. The SMILES string of the molecule is CCCCCCCCCCCCC1(O)O[C@H](CO)[C@@H](O[C@@H]2O[C@H](CO)[C@H](O)[C@H](O)[C@H]2O)[C@H](O)[C@H]1O.[Na]. The second-order valence-corrected chi connectivity index (χ2v) is 9.85. The van der Waals surface area contributed by atoms with Gasteiger partial charge in [0, 0.05) is 36.0 Å². The first-order valence-corrected chi connectivity index (χ1v) is 13.0. The Morgan fingerprint density at radius 3 is 1.75 bits per heavy atom. The summed E-state index contributed by atoms with van der Waals surface area (Å²) in [5.74, 6) is -2.10. The molecule has 0 aliphatic carbocycles. The van der Waals surface area contributed by atoms with Crippen molar-refractivity contribution in [1.29, 1.82) is 0 Å². The quantitative estimate of drug-likeness (QED) is 0.0942. The van der Waals surface area contributed by atoms with Crippen molar-refractivity contribution < 1.29 is 55.1 Å². The van der Waals surface area contributed by atoms with E-state index in [9.17, 15) is 40.9 Å². The minimum Gasteiger partial charge on any atom is -0.394 e. The van der Waals surface area contributed by atoms with Crippen molar-refractivity contribution in [1.82, 2.24) is 0 Å². The Morgan fingerprint density at radius 1 is 0.694 bits per heavy atom. The van der Waals surface area contributed by atoms with Gasteiger partial charge in [0.05, 0.1) is 13.2 Å². The van der Waals surface area contributed by atoms with Gasteiger partial charge in [-0.2, -0.15) is 0 Å². The van der Waals surface area contributed by atoms with E-state index in [1.54, 1.807) is 0 Å². The van der Waals surface area contributed by atoms with Crippen LogP contribution in [0.15, 0.2) is 0 Å². The Bertz CT molecular complexity index is 584. The molecule has 2 aliphatic rings. The molecule has 12 heteroatoms. The zero-order chi connectivity index (χ0) is 26.0. The minimum atomic E-state index is -2.10. The van der Waals surface area contributed by atoms with Gasteiger partial charge in [-0.15, -0.1) is 0 Å². The Morgan fingerprint density at radius 2 is 1.22 bits per heavy atom. The fourth-order valence-corrected chi connectivity index (χ4v) is 4.78. The average Bonchev–Trinajstić information content (AvgIpc) is 2.85. The van der Waals surface area contributed by atoms with Crippen LogP contribution in [0.1, 0.15) is 77.6 Å². The van der Waals surface area contributed by atoms with Gasteiger partial charge >= 0.3 is 0 Å². The maximum atomic E-state index is 10.9. The smallest absolute Gasteiger partial charge is 0.195 e. The molecule has 36 heavy (non-hydrogen) atoms. The first-order valence-electron chi connectivity index (χ1n) is 13.0. The molecule has 0 bridgehead atoms. The zero-order valence-corrected chi connectivity index (χ0v) is 23.7. The van der Waals surface area contributed by atoms with Gasteiger partial charge in [0.15, 0.2) is 12.1 Å². The first kappa shape index (κ1) is 34.6. The molecule has 8 N–H and O–H groups in total. The van der Waals surface area contributed by atoms with E-state index in [1.165, 1.54) is 32.1 Å². The normalized spacial score (nSPS) is 39.1. The summed E-state index contributed by atoms with van der Waals surface area (Å²) >= 11 is 0. The summed E-state index contributed by atoms with van der Waals surface area (Å²) in [7, 11) is 0. The minimum absolute atomic E-state index is 0. The largest absolute Gasteiger partial charge is 0.394 e. The van der Waals surface area contributed by atoms with Crippen molar-refractivity contribution in [2.45, 2.75) is 138 Å². The third-order valence-corrected chi connectivity index (χ3v) is 7.05. The third-order valence-electron chi connectivity index (χ3n) is 7.05. The summed E-state index contributed by atoms with van der Waals surface area (Å²) in [4.78, 5) is 0. The van der Waals surface area contributed by atoms with E-state index in [-0.39, 0.29) is 36.0 Å². The van der Waals surface area contributed by atoms with E-state index in [2.05, 4.69) is 6.92 Å². The summed E-state index contributed by atoms with van der Waals surface area (Å²) in [5.41, 5.74) is 0. The predicted molar refractivity (Wildman–Crippen MR) is 130 cm³/mol. The molecule has 0 aromatic rings. The monoisotopic (exact) mass is 533 g/mol. The second-order valence-electron chi connectivity index (χ2n) is 9.85. The molecule has 1 radical (unpaired) electrons. The van der Waals surface area contributed by atoms with Crippen LogP contribution in [0.25, 0.3) is 0 Å². The van der Waals surface area contributed by atoms with Crippen LogP contribution in [0.4, 0.5) is 0 Å². The number of aliphatic hydroxyl groups excluding tert-OH is 7. The molecule has 2 fully saturated rings. The fourth-order valence-electron chi connectivity index (χ4n) is 4.78. The summed E-state index contributed by atoms with van der Waals surface area (Å²) in [6, 6.07) is 0. The summed E-state index contributed by atoms with van der Waals surface area (Å²) in [5, 5.41) is 81.3. The topological polar surface area (TPSA) is 190 Å². The van der Waals surface area contributed by atoms with Gasteiger partial charge in [-0.1, -0.05) is 64.7 Å². The Kier molecular flexibility index (Phi) is 16.6. The molecule has 0 spiro atoms. The maximum Gasteiger partial charge on any atom is 0.195 e. The number of hydrogen-bond donors (Lipinski definition) is 8. The predicted octanol–water partition coefficient (Wildman–Crippen LogP) is -1.10. The van der Waals surface area contributed by atoms with E-state index in [4.69, 9.17) is 14.2 Å². The third kappa shape index (κ3) is 9.34. The molecule has 2 rings (SSSR count). The number of rotatable bonds is 15. The molecule has 2 saturated heterocycles. The molecule has 1 unspecified atom stereocenters. The Hall–Kier alpha value is 0.560. The molecule has 2 heterocycles. The zero-order valence-electron chi connectivity index (χ0n) is 21.7. The second kappa shape index (κ2) is 17.3. The molecule has 10 atom stereocenters. The van der Waals surface area contributed by atoms with Crippen molar-refractivity contribution in [3.8, 4) is 0 Å². The molecule has 0 aromatic carbocycles. The van der Waals surface area contributed by atoms with Gasteiger partial charge in [-0.05, 0) is 6.42 Å². The number of aliphatic hydroxyl groups is 8. The van der Waals surface area contributed by atoms with E-state index in [0.29, 0.717) is 6.42 Å². The van der Waals surface area contributed by atoms with E-state index in [1.807, 2.05) is 0 Å². The molecule has 0 saturated carbocycles. The van der Waals surface area contributed by atoms with Crippen LogP contribution in [0, 0.1) is 0 Å². The summed E-state index contributed by atoms with van der Waals surface area (Å²) in [6.07, 6.45) is -3.13. The number of unbranched alkanes of at least 4 members (excludes halogenated alkanes) is 9. The van der Waals surface area contributed by atoms with Gasteiger partial charge in [-0.25, -0.2) is 0 Å². The fraction of sp³-hybridized carbons (Fsp3) is 1.00. The molecule has 11 nitrogen and oxygen atoms in total. The van der Waals surface area contributed by atoms with Crippen molar-refractivity contribution in [2.24, 2.45) is 0 Å². The molecular formula is C24H46NaO11. The van der Waals surface area contributed by atoms with Gasteiger partial charge in [-0.3, -0.25) is 0 Å². The van der Waals surface area contributed by atoms with Crippen LogP contribution in [-0.4, -0.2) is 145 Å². The molecular weight excluding hydrogens is 487 g/mol. The van der Waals surface area contributed by atoms with E-state index >= 15 is 0 Å². The average molecular weight is 534 g/mol. The van der Waals surface area contributed by atoms with Gasteiger partial charge in [0.25, 0.3) is 0 Å². The van der Waals surface area contributed by atoms with Crippen molar-refractivity contribution >= 4 is 29.6 Å². The molecule has 0 amide bonds. The van der Waals surface area contributed by atoms with Gasteiger partial charge in [0.1, 0.15) is 48.8 Å². The van der Waals surface area contributed by atoms with Crippen molar-refractivity contribution in [3.63, 3.8) is 0 Å². The van der Waals surface area contributed by atoms with Crippen molar-refractivity contribution in [3.05, 3.63) is 0 Å². The van der Waals surface area contributed by atoms with Crippen LogP contribution < -0.4 is 0 Å². The number of hydrogen-bond acceptors (Lipinski definition) is 11. The molecule has 0 aromatic heterocycles. The maximum absolute atomic E-state index is 10.9. The van der Waals surface area contributed by atoms with Crippen molar-refractivity contribution in [2.75, 3.05) is 13.2 Å². The Labute approximate surface area is 235 Å². The number of ether oxygens (including phenoxy) is 3. The van der Waals surface area contributed by atoms with E-state index < -0.39 is 74.1 Å². The summed E-state index contributed by atoms with van der Waals surface area (Å²) in [6.45, 7) is 0.849.